The number of hydrogen-bond acceptors (Lipinski definition) is 3. The van der Waals surface area contributed by atoms with Gasteiger partial charge in [-0.2, -0.15) is 0 Å². The molecule has 0 aliphatic rings. The van der Waals surface area contributed by atoms with E-state index in [9.17, 15) is 9.59 Å². The molecule has 1 aromatic carbocycles. The minimum Gasteiger partial charge on any atom is -0.452 e. The maximum atomic E-state index is 11.5. The quantitative estimate of drug-likeness (QED) is 0.604. The summed E-state index contributed by atoms with van der Waals surface area (Å²) in [5, 5.41) is 2.77. The molecule has 21 heavy (non-hydrogen) atoms. The Hall–Kier alpha value is -1.62. The molecule has 0 aliphatic heterocycles. The van der Waals surface area contributed by atoms with Crippen LogP contribution >= 0.6 is 15.9 Å². The Bertz CT molecular complexity index is 497. The Labute approximate surface area is 133 Å². The predicted octanol–water partition coefficient (Wildman–Crippen LogP) is 3.31. The van der Waals surface area contributed by atoms with Crippen LogP contribution < -0.4 is 5.32 Å². The van der Waals surface area contributed by atoms with E-state index in [0.29, 0.717) is 0 Å². The lowest BCUT2D eigenvalue weighted by Crippen LogP contribution is -2.35. The average molecular weight is 354 g/mol. The molecular formula is C16H20BrNO3. The highest BCUT2D eigenvalue weighted by atomic mass is 79.9. The first-order chi connectivity index (χ1) is 10.0. The molecular weight excluding hydrogens is 334 g/mol. The first-order valence-corrected chi connectivity index (χ1v) is 7.70. The minimum atomic E-state index is -0.531. The van der Waals surface area contributed by atoms with E-state index in [1.165, 1.54) is 6.08 Å². The molecule has 0 heterocycles. The molecule has 1 atom stereocenters. The largest absolute Gasteiger partial charge is 0.452 e. The molecule has 0 aliphatic carbocycles. The van der Waals surface area contributed by atoms with E-state index in [-0.39, 0.29) is 18.6 Å². The van der Waals surface area contributed by atoms with Gasteiger partial charge in [-0.05, 0) is 37.1 Å². The molecule has 1 unspecified atom stereocenters. The van der Waals surface area contributed by atoms with Gasteiger partial charge in [0, 0.05) is 16.6 Å². The molecule has 1 amide bonds. The van der Waals surface area contributed by atoms with Gasteiger partial charge in [-0.15, -0.1) is 0 Å². The molecule has 4 nitrogen and oxygen atoms in total. The zero-order chi connectivity index (χ0) is 15.7. The van der Waals surface area contributed by atoms with Crippen molar-refractivity contribution in [3.05, 3.63) is 40.4 Å². The van der Waals surface area contributed by atoms with Crippen LogP contribution in [0.25, 0.3) is 6.08 Å². The summed E-state index contributed by atoms with van der Waals surface area (Å²) in [6.07, 6.45) is 4.86. The number of esters is 1. The molecule has 0 fully saturated rings. The maximum absolute atomic E-state index is 11.5. The summed E-state index contributed by atoms with van der Waals surface area (Å²) >= 11 is 3.34. The summed E-state index contributed by atoms with van der Waals surface area (Å²) in [5.74, 6) is -0.808. The summed E-state index contributed by atoms with van der Waals surface area (Å²) < 4.78 is 5.85. The number of ether oxygens (including phenoxy) is 1. The fraction of sp³-hybridized carbons (Fsp3) is 0.375. The van der Waals surface area contributed by atoms with Crippen molar-refractivity contribution in [1.82, 2.24) is 5.32 Å². The van der Waals surface area contributed by atoms with Crippen molar-refractivity contribution in [3.63, 3.8) is 0 Å². The summed E-state index contributed by atoms with van der Waals surface area (Å²) in [7, 11) is 0. The number of hydrogen-bond donors (Lipinski definition) is 1. The minimum absolute atomic E-state index is 0.0968. The van der Waals surface area contributed by atoms with Crippen molar-refractivity contribution in [2.24, 2.45) is 0 Å². The van der Waals surface area contributed by atoms with Crippen LogP contribution in [0.15, 0.2) is 34.8 Å². The molecule has 0 radical (unpaired) electrons. The van der Waals surface area contributed by atoms with Crippen molar-refractivity contribution in [2.45, 2.75) is 32.7 Å². The van der Waals surface area contributed by atoms with Crippen LogP contribution in [-0.2, 0) is 14.3 Å². The zero-order valence-corrected chi connectivity index (χ0v) is 13.9. The van der Waals surface area contributed by atoms with Gasteiger partial charge in [0.1, 0.15) is 0 Å². The van der Waals surface area contributed by atoms with Gasteiger partial charge in [-0.1, -0.05) is 41.4 Å². The van der Waals surface area contributed by atoms with Gasteiger partial charge >= 0.3 is 5.97 Å². The van der Waals surface area contributed by atoms with Crippen molar-refractivity contribution < 1.29 is 14.3 Å². The average Bonchev–Trinajstić information content (AvgIpc) is 2.44. The topological polar surface area (TPSA) is 55.4 Å². The van der Waals surface area contributed by atoms with Gasteiger partial charge in [0.05, 0.1) is 0 Å². The van der Waals surface area contributed by atoms with E-state index in [0.717, 1.165) is 22.9 Å². The van der Waals surface area contributed by atoms with Crippen LogP contribution in [0.4, 0.5) is 0 Å². The first-order valence-electron chi connectivity index (χ1n) is 6.91. The van der Waals surface area contributed by atoms with Crippen molar-refractivity contribution >= 4 is 33.9 Å². The first kappa shape index (κ1) is 17.4. The Morgan fingerprint density at radius 3 is 2.62 bits per heavy atom. The maximum Gasteiger partial charge on any atom is 0.331 e. The lowest BCUT2D eigenvalue weighted by atomic mass is 10.2. The number of benzene rings is 1. The Kier molecular flexibility index (Phi) is 7.75. The van der Waals surface area contributed by atoms with E-state index in [2.05, 4.69) is 28.2 Å². The zero-order valence-electron chi connectivity index (χ0n) is 12.3. The van der Waals surface area contributed by atoms with Crippen molar-refractivity contribution in [3.8, 4) is 0 Å². The molecule has 5 heteroatoms. The van der Waals surface area contributed by atoms with Crippen LogP contribution in [0, 0.1) is 0 Å². The Morgan fingerprint density at radius 2 is 2.00 bits per heavy atom. The van der Waals surface area contributed by atoms with Gasteiger partial charge in [0.15, 0.2) is 6.61 Å². The van der Waals surface area contributed by atoms with E-state index in [1.807, 2.05) is 31.2 Å². The summed E-state index contributed by atoms with van der Waals surface area (Å²) in [5.41, 5.74) is 0.885. The molecule has 0 bridgehead atoms. The predicted molar refractivity (Wildman–Crippen MR) is 86.6 cm³/mol. The molecule has 1 aromatic rings. The van der Waals surface area contributed by atoms with Crippen LogP contribution in [0.1, 0.15) is 32.3 Å². The Balaban J connectivity index is 2.33. The summed E-state index contributed by atoms with van der Waals surface area (Å²) in [6, 6.07) is 7.60. The molecule has 114 valence electrons. The summed E-state index contributed by atoms with van der Waals surface area (Å²) in [6.45, 7) is 3.73. The fourth-order valence-electron chi connectivity index (χ4n) is 1.74. The van der Waals surface area contributed by atoms with E-state index < -0.39 is 5.97 Å². The number of rotatable bonds is 7. The van der Waals surface area contributed by atoms with E-state index in [1.54, 1.807) is 6.08 Å². The third kappa shape index (κ3) is 7.66. The molecule has 1 rings (SSSR count). The Morgan fingerprint density at radius 1 is 1.33 bits per heavy atom. The second-order valence-corrected chi connectivity index (χ2v) is 5.67. The van der Waals surface area contributed by atoms with E-state index in [4.69, 9.17) is 4.74 Å². The van der Waals surface area contributed by atoms with Crippen LogP contribution in [0.5, 0.6) is 0 Å². The summed E-state index contributed by atoms with van der Waals surface area (Å²) in [4.78, 5) is 23.0. The number of amides is 1. The highest BCUT2D eigenvalue weighted by Gasteiger charge is 2.08. The van der Waals surface area contributed by atoms with Crippen LogP contribution in [0.3, 0.4) is 0 Å². The molecule has 0 saturated carbocycles. The van der Waals surface area contributed by atoms with Crippen molar-refractivity contribution in [1.29, 1.82) is 0 Å². The molecule has 0 aromatic heterocycles. The normalized spacial score (nSPS) is 12.1. The van der Waals surface area contributed by atoms with Crippen LogP contribution in [0.2, 0.25) is 0 Å². The lowest BCUT2D eigenvalue weighted by molar-refractivity contribution is -0.144. The van der Waals surface area contributed by atoms with Gasteiger partial charge < -0.3 is 10.1 Å². The number of nitrogens with one attached hydrogen (secondary N) is 1. The molecule has 0 saturated heterocycles. The highest BCUT2D eigenvalue weighted by Crippen LogP contribution is 2.11. The smallest absolute Gasteiger partial charge is 0.331 e. The van der Waals surface area contributed by atoms with Gasteiger partial charge in [0.25, 0.3) is 5.91 Å². The van der Waals surface area contributed by atoms with Gasteiger partial charge in [-0.25, -0.2) is 4.79 Å². The highest BCUT2D eigenvalue weighted by molar-refractivity contribution is 9.10. The van der Waals surface area contributed by atoms with Crippen LogP contribution in [-0.4, -0.2) is 24.5 Å². The van der Waals surface area contributed by atoms with Gasteiger partial charge in [-0.3, -0.25) is 4.79 Å². The monoisotopic (exact) mass is 353 g/mol. The fourth-order valence-corrected chi connectivity index (χ4v) is 2.01. The third-order valence-corrected chi connectivity index (χ3v) is 3.29. The van der Waals surface area contributed by atoms with Gasteiger partial charge in [0.2, 0.25) is 0 Å². The SMILES string of the molecule is CCCC(C)NC(=O)COC(=O)/C=C/c1ccc(Br)cc1. The number of halogens is 1. The lowest BCUT2D eigenvalue weighted by Gasteiger charge is -2.12. The second-order valence-electron chi connectivity index (χ2n) is 4.75. The molecule has 1 N–H and O–H groups in total. The molecule has 0 spiro atoms. The standard InChI is InChI=1S/C16H20BrNO3/c1-3-4-12(2)18-15(19)11-21-16(20)10-7-13-5-8-14(17)9-6-13/h5-10,12H,3-4,11H2,1-2H3,(H,18,19)/b10-7+. The third-order valence-electron chi connectivity index (χ3n) is 2.76. The van der Waals surface area contributed by atoms with Crippen molar-refractivity contribution in [2.75, 3.05) is 6.61 Å². The number of carbonyl (C=O) groups is 2. The second kappa shape index (κ2) is 9.34. The van der Waals surface area contributed by atoms with E-state index >= 15 is 0 Å². The number of carbonyl (C=O) groups excluding carboxylic acids is 2.